The first-order valence-corrected chi connectivity index (χ1v) is 11.5. The summed E-state index contributed by atoms with van der Waals surface area (Å²) in [5.41, 5.74) is 5.25. The highest BCUT2D eigenvalue weighted by molar-refractivity contribution is 6.06. The topological polar surface area (TPSA) is 49.4 Å². The van der Waals surface area contributed by atoms with E-state index >= 15 is 0 Å². The molecule has 0 saturated carbocycles. The molecule has 0 atom stereocenters. The Labute approximate surface area is 194 Å². The van der Waals surface area contributed by atoms with E-state index in [1.807, 2.05) is 43.3 Å². The summed E-state index contributed by atoms with van der Waals surface area (Å²) >= 11 is 0. The van der Waals surface area contributed by atoms with Gasteiger partial charge in [-0.15, -0.1) is 0 Å². The zero-order valence-electron chi connectivity index (χ0n) is 19.1. The Morgan fingerprint density at radius 2 is 1.64 bits per heavy atom. The quantitative estimate of drug-likeness (QED) is 0.471. The summed E-state index contributed by atoms with van der Waals surface area (Å²) in [6.07, 6.45) is 2.21. The van der Waals surface area contributed by atoms with Gasteiger partial charge in [-0.05, 0) is 80.3 Å². The van der Waals surface area contributed by atoms with Crippen LogP contribution >= 0.6 is 0 Å². The molecule has 1 heterocycles. The number of rotatable bonds is 6. The second-order valence-corrected chi connectivity index (χ2v) is 8.61. The fraction of sp³-hybridized carbons (Fsp3) is 0.286. The Morgan fingerprint density at radius 1 is 0.970 bits per heavy atom. The van der Waals surface area contributed by atoms with E-state index in [4.69, 9.17) is 0 Å². The molecule has 0 radical (unpaired) electrons. The number of Topliss-reactive ketones (excluding diaryl/α,β-unsaturated/α-hetero) is 1. The number of piperidine rings is 1. The standard InChI is InChI=1S/C28H29FN2O2/c1-3-24-25(28(33)30-23-13-7-19(2)8-14-23)5-4-6-26(24)31-17-15-21(16-18-31)27(32)20-9-11-22(29)12-10-20/h4-14,21H,3,15-18H2,1-2H3,(H,30,33). The first-order chi connectivity index (χ1) is 16.0. The van der Waals surface area contributed by atoms with Gasteiger partial charge in [0, 0.05) is 41.5 Å². The molecule has 4 nitrogen and oxygen atoms in total. The van der Waals surface area contributed by atoms with Gasteiger partial charge < -0.3 is 10.2 Å². The molecule has 0 bridgehead atoms. The lowest BCUT2D eigenvalue weighted by atomic mass is 9.88. The van der Waals surface area contributed by atoms with Crippen LogP contribution in [0.3, 0.4) is 0 Å². The van der Waals surface area contributed by atoms with Crippen LogP contribution in [0.25, 0.3) is 0 Å². The lowest BCUT2D eigenvalue weighted by Gasteiger charge is -2.34. The maximum absolute atomic E-state index is 13.2. The van der Waals surface area contributed by atoms with Crippen LogP contribution in [0.15, 0.2) is 66.7 Å². The van der Waals surface area contributed by atoms with Crippen molar-refractivity contribution in [3.8, 4) is 0 Å². The summed E-state index contributed by atoms with van der Waals surface area (Å²) in [5, 5.41) is 3.01. The number of aryl methyl sites for hydroxylation is 1. The number of benzene rings is 3. The van der Waals surface area contributed by atoms with E-state index in [-0.39, 0.29) is 23.4 Å². The SMILES string of the molecule is CCc1c(C(=O)Nc2ccc(C)cc2)cccc1N1CCC(C(=O)c2ccc(F)cc2)CC1. The lowest BCUT2D eigenvalue weighted by Crippen LogP contribution is -2.37. The molecule has 0 unspecified atom stereocenters. The third-order valence-corrected chi connectivity index (χ3v) is 6.39. The average Bonchev–Trinajstić information content (AvgIpc) is 2.85. The normalized spacial score (nSPS) is 14.2. The van der Waals surface area contributed by atoms with Crippen LogP contribution in [-0.4, -0.2) is 24.8 Å². The van der Waals surface area contributed by atoms with Crippen molar-refractivity contribution < 1.29 is 14.0 Å². The fourth-order valence-electron chi connectivity index (χ4n) is 4.52. The molecule has 0 aliphatic carbocycles. The molecule has 0 spiro atoms. The van der Waals surface area contributed by atoms with Gasteiger partial charge >= 0.3 is 0 Å². The number of hydrogen-bond donors (Lipinski definition) is 1. The van der Waals surface area contributed by atoms with Gasteiger partial charge in [-0.3, -0.25) is 9.59 Å². The summed E-state index contributed by atoms with van der Waals surface area (Å²) < 4.78 is 13.2. The van der Waals surface area contributed by atoms with Crippen molar-refractivity contribution in [2.45, 2.75) is 33.1 Å². The van der Waals surface area contributed by atoms with E-state index in [1.165, 1.54) is 12.1 Å². The number of hydrogen-bond acceptors (Lipinski definition) is 3. The van der Waals surface area contributed by atoms with Gasteiger partial charge in [-0.25, -0.2) is 4.39 Å². The third kappa shape index (κ3) is 5.14. The highest BCUT2D eigenvalue weighted by Gasteiger charge is 2.27. The molecule has 5 heteroatoms. The first-order valence-electron chi connectivity index (χ1n) is 11.5. The highest BCUT2D eigenvalue weighted by atomic mass is 19.1. The number of nitrogens with one attached hydrogen (secondary N) is 1. The number of ketones is 1. The average molecular weight is 445 g/mol. The van der Waals surface area contributed by atoms with E-state index < -0.39 is 0 Å². The number of carbonyl (C=O) groups excluding carboxylic acids is 2. The van der Waals surface area contributed by atoms with Crippen molar-refractivity contribution in [3.05, 3.63) is 94.8 Å². The molecule has 170 valence electrons. The smallest absolute Gasteiger partial charge is 0.256 e. The monoisotopic (exact) mass is 444 g/mol. The van der Waals surface area contributed by atoms with Crippen LogP contribution in [0, 0.1) is 18.7 Å². The first kappa shape index (κ1) is 22.7. The molecular formula is C28H29FN2O2. The number of nitrogens with zero attached hydrogens (tertiary/aromatic N) is 1. The Hall–Kier alpha value is -3.47. The number of carbonyl (C=O) groups is 2. The number of anilines is 2. The maximum Gasteiger partial charge on any atom is 0.256 e. The van der Waals surface area contributed by atoms with Crippen LogP contribution in [0.2, 0.25) is 0 Å². The summed E-state index contributed by atoms with van der Waals surface area (Å²) in [7, 11) is 0. The van der Waals surface area contributed by atoms with Gasteiger partial charge in [-0.2, -0.15) is 0 Å². The van der Waals surface area contributed by atoms with Crippen molar-refractivity contribution >= 4 is 23.1 Å². The van der Waals surface area contributed by atoms with E-state index in [0.717, 1.165) is 54.9 Å². The molecule has 33 heavy (non-hydrogen) atoms. The fourth-order valence-corrected chi connectivity index (χ4v) is 4.52. The second kappa shape index (κ2) is 9.99. The van der Waals surface area contributed by atoms with Gasteiger partial charge in [0.15, 0.2) is 5.78 Å². The van der Waals surface area contributed by atoms with E-state index in [0.29, 0.717) is 11.1 Å². The molecular weight excluding hydrogens is 415 g/mol. The van der Waals surface area contributed by atoms with Crippen molar-refractivity contribution in [1.29, 1.82) is 0 Å². The molecule has 1 fully saturated rings. The van der Waals surface area contributed by atoms with Gasteiger partial charge in [0.05, 0.1) is 0 Å². The predicted molar refractivity (Wildman–Crippen MR) is 131 cm³/mol. The third-order valence-electron chi connectivity index (χ3n) is 6.39. The largest absolute Gasteiger partial charge is 0.371 e. The summed E-state index contributed by atoms with van der Waals surface area (Å²) in [5.74, 6) is -0.430. The van der Waals surface area contributed by atoms with Gasteiger partial charge in [-0.1, -0.05) is 30.7 Å². The molecule has 0 aromatic heterocycles. The van der Waals surface area contributed by atoms with Crippen LogP contribution in [0.1, 0.15) is 51.6 Å². The highest BCUT2D eigenvalue weighted by Crippen LogP contribution is 2.31. The van der Waals surface area contributed by atoms with Crippen LogP contribution in [0.4, 0.5) is 15.8 Å². The predicted octanol–water partition coefficient (Wildman–Crippen LogP) is 6.05. The van der Waals surface area contributed by atoms with Crippen molar-refractivity contribution in [1.82, 2.24) is 0 Å². The van der Waals surface area contributed by atoms with Gasteiger partial charge in [0.2, 0.25) is 0 Å². The van der Waals surface area contributed by atoms with Crippen molar-refractivity contribution in [2.75, 3.05) is 23.3 Å². The molecule has 1 aliphatic heterocycles. The Morgan fingerprint density at radius 3 is 2.27 bits per heavy atom. The minimum absolute atomic E-state index is 0.0650. The van der Waals surface area contributed by atoms with Gasteiger partial charge in [0.1, 0.15) is 5.82 Å². The Bertz CT molecular complexity index is 1130. The van der Waals surface area contributed by atoms with Crippen molar-refractivity contribution in [2.24, 2.45) is 5.92 Å². The molecule has 1 saturated heterocycles. The van der Waals surface area contributed by atoms with Crippen LogP contribution in [0.5, 0.6) is 0 Å². The zero-order chi connectivity index (χ0) is 23.4. The van der Waals surface area contributed by atoms with Crippen LogP contribution in [-0.2, 0) is 6.42 Å². The van der Waals surface area contributed by atoms with E-state index in [1.54, 1.807) is 12.1 Å². The van der Waals surface area contributed by atoms with Gasteiger partial charge in [0.25, 0.3) is 5.91 Å². The number of amides is 1. The lowest BCUT2D eigenvalue weighted by molar-refractivity contribution is 0.0900. The minimum Gasteiger partial charge on any atom is -0.371 e. The zero-order valence-corrected chi connectivity index (χ0v) is 19.1. The van der Waals surface area contributed by atoms with Crippen molar-refractivity contribution in [3.63, 3.8) is 0 Å². The van der Waals surface area contributed by atoms with E-state index in [9.17, 15) is 14.0 Å². The second-order valence-electron chi connectivity index (χ2n) is 8.61. The molecule has 1 N–H and O–H groups in total. The summed E-state index contributed by atoms with van der Waals surface area (Å²) in [6, 6.07) is 19.4. The molecule has 1 aliphatic rings. The Balaban J connectivity index is 1.47. The molecule has 3 aromatic carbocycles. The van der Waals surface area contributed by atoms with E-state index in [2.05, 4.69) is 23.2 Å². The molecule has 1 amide bonds. The number of halogens is 1. The molecule has 4 rings (SSSR count). The van der Waals surface area contributed by atoms with Crippen LogP contribution < -0.4 is 10.2 Å². The summed E-state index contributed by atoms with van der Waals surface area (Å²) in [4.78, 5) is 28.1. The Kier molecular flexibility index (Phi) is 6.87. The maximum atomic E-state index is 13.2. The minimum atomic E-state index is -0.334. The molecule has 3 aromatic rings. The summed E-state index contributed by atoms with van der Waals surface area (Å²) in [6.45, 7) is 5.56.